The molecule has 0 radical (unpaired) electrons. The lowest BCUT2D eigenvalue weighted by molar-refractivity contribution is 0.0830. The summed E-state index contributed by atoms with van der Waals surface area (Å²) < 4.78 is 6.23. The Labute approximate surface area is 135 Å². The van der Waals surface area contributed by atoms with Crippen LogP contribution in [0.25, 0.3) is 0 Å². The van der Waals surface area contributed by atoms with Gasteiger partial charge in [0.15, 0.2) is 10.9 Å². The topological polar surface area (TPSA) is 45.8 Å². The molecule has 1 aromatic heterocycles. The first kappa shape index (κ1) is 14.4. The van der Waals surface area contributed by atoms with Crippen molar-refractivity contribution < 1.29 is 9.21 Å². The Bertz CT molecular complexity index is 653. The Morgan fingerprint density at radius 2 is 2.14 bits per heavy atom. The molecule has 2 heterocycles. The number of rotatable bonds is 3. The molecule has 21 heavy (non-hydrogen) atoms. The normalized spacial score (nSPS) is 14.3. The molecule has 0 spiro atoms. The first-order valence-corrected chi connectivity index (χ1v) is 8.29. The number of benzene rings is 1. The van der Waals surface area contributed by atoms with Crippen molar-refractivity contribution in [2.24, 2.45) is 4.99 Å². The van der Waals surface area contributed by atoms with E-state index in [2.05, 4.69) is 33.1 Å². The molecule has 1 aliphatic heterocycles. The van der Waals surface area contributed by atoms with Crippen molar-refractivity contribution in [2.45, 2.75) is 5.75 Å². The summed E-state index contributed by atoms with van der Waals surface area (Å²) in [5.41, 5.74) is 1.20. The van der Waals surface area contributed by atoms with Gasteiger partial charge >= 0.3 is 0 Å². The van der Waals surface area contributed by atoms with Crippen molar-refractivity contribution in [1.82, 2.24) is 4.90 Å². The van der Waals surface area contributed by atoms with E-state index in [0.717, 1.165) is 15.4 Å². The zero-order valence-electron chi connectivity index (χ0n) is 11.2. The molecule has 0 N–H and O–H groups in total. The number of hydrogen-bond donors (Lipinski definition) is 0. The quantitative estimate of drug-likeness (QED) is 0.832. The average Bonchev–Trinajstić information content (AvgIpc) is 3.17. The highest BCUT2D eigenvalue weighted by molar-refractivity contribution is 9.10. The van der Waals surface area contributed by atoms with Gasteiger partial charge in [-0.05, 0) is 29.8 Å². The Morgan fingerprint density at radius 3 is 2.86 bits per heavy atom. The second-order valence-electron chi connectivity index (χ2n) is 4.51. The lowest BCUT2D eigenvalue weighted by Gasteiger charge is -2.16. The van der Waals surface area contributed by atoms with E-state index in [1.807, 2.05) is 12.1 Å². The molecule has 2 aromatic rings. The maximum absolute atomic E-state index is 12.3. The summed E-state index contributed by atoms with van der Waals surface area (Å²) in [6.45, 7) is 1.26. The van der Waals surface area contributed by atoms with E-state index in [4.69, 9.17) is 4.42 Å². The van der Waals surface area contributed by atoms with Gasteiger partial charge in [-0.2, -0.15) is 0 Å². The summed E-state index contributed by atoms with van der Waals surface area (Å²) >= 11 is 4.99. The van der Waals surface area contributed by atoms with Crippen LogP contribution in [-0.2, 0) is 5.75 Å². The number of halogens is 1. The molecule has 0 aliphatic carbocycles. The minimum atomic E-state index is -0.125. The predicted molar refractivity (Wildman–Crippen MR) is 87.5 cm³/mol. The molecule has 6 heteroatoms. The molecule has 1 aliphatic rings. The van der Waals surface area contributed by atoms with E-state index in [1.165, 1.54) is 11.8 Å². The number of aliphatic imine (C=N–C) groups is 1. The van der Waals surface area contributed by atoms with Crippen LogP contribution in [0.15, 0.2) is 56.5 Å². The molecule has 1 amide bonds. The summed E-state index contributed by atoms with van der Waals surface area (Å²) in [6.07, 6.45) is 1.51. The predicted octanol–water partition coefficient (Wildman–Crippen LogP) is 3.79. The van der Waals surface area contributed by atoms with Crippen LogP contribution >= 0.6 is 27.7 Å². The number of amides is 1. The van der Waals surface area contributed by atoms with E-state index < -0.39 is 0 Å². The zero-order valence-corrected chi connectivity index (χ0v) is 13.6. The second-order valence-corrected chi connectivity index (χ2v) is 6.37. The van der Waals surface area contributed by atoms with Gasteiger partial charge in [-0.15, -0.1) is 0 Å². The van der Waals surface area contributed by atoms with E-state index >= 15 is 0 Å². The van der Waals surface area contributed by atoms with Gasteiger partial charge in [-0.1, -0.05) is 39.8 Å². The van der Waals surface area contributed by atoms with Crippen molar-refractivity contribution >= 4 is 38.8 Å². The van der Waals surface area contributed by atoms with Gasteiger partial charge in [-0.3, -0.25) is 14.7 Å². The molecule has 0 bridgehead atoms. The van der Waals surface area contributed by atoms with Gasteiger partial charge in [0.1, 0.15) is 0 Å². The largest absolute Gasteiger partial charge is 0.459 e. The van der Waals surface area contributed by atoms with Crippen LogP contribution in [0.5, 0.6) is 0 Å². The van der Waals surface area contributed by atoms with Crippen LogP contribution in [0.3, 0.4) is 0 Å². The minimum Gasteiger partial charge on any atom is -0.459 e. The monoisotopic (exact) mass is 364 g/mol. The third-order valence-electron chi connectivity index (χ3n) is 3.06. The molecule has 0 saturated carbocycles. The van der Waals surface area contributed by atoms with Crippen molar-refractivity contribution in [3.8, 4) is 0 Å². The summed E-state index contributed by atoms with van der Waals surface area (Å²) in [5.74, 6) is 1.02. The van der Waals surface area contributed by atoms with Crippen molar-refractivity contribution in [2.75, 3.05) is 13.1 Å². The fourth-order valence-corrected chi connectivity index (χ4v) is 3.27. The van der Waals surface area contributed by atoms with Gasteiger partial charge in [0.25, 0.3) is 5.91 Å². The number of hydrogen-bond acceptors (Lipinski definition) is 4. The van der Waals surface area contributed by atoms with E-state index in [0.29, 0.717) is 18.8 Å². The fourth-order valence-electron chi connectivity index (χ4n) is 2.00. The molecule has 0 fully saturated rings. The third-order valence-corrected chi connectivity index (χ3v) is 4.67. The lowest BCUT2D eigenvalue weighted by Crippen LogP contribution is -2.32. The molecule has 0 unspecified atom stereocenters. The highest BCUT2D eigenvalue weighted by Gasteiger charge is 2.26. The Kier molecular flexibility index (Phi) is 4.45. The highest BCUT2D eigenvalue weighted by Crippen LogP contribution is 2.22. The van der Waals surface area contributed by atoms with Gasteiger partial charge in [-0.25, -0.2) is 0 Å². The Balaban J connectivity index is 1.64. The number of furan rings is 1. The maximum atomic E-state index is 12.3. The van der Waals surface area contributed by atoms with Gasteiger partial charge in [0, 0.05) is 16.8 Å². The number of thioether (sulfide) groups is 1. The zero-order chi connectivity index (χ0) is 14.7. The van der Waals surface area contributed by atoms with Crippen molar-refractivity contribution in [1.29, 1.82) is 0 Å². The van der Waals surface area contributed by atoms with Crippen LogP contribution in [-0.4, -0.2) is 29.1 Å². The van der Waals surface area contributed by atoms with E-state index in [1.54, 1.807) is 28.8 Å². The second kappa shape index (κ2) is 6.49. The summed E-state index contributed by atoms with van der Waals surface area (Å²) in [5, 5.41) is 0.763. The molecule has 3 rings (SSSR count). The summed E-state index contributed by atoms with van der Waals surface area (Å²) in [6, 6.07) is 11.5. The molecule has 108 valence electrons. The standard InChI is InChI=1S/C15H13BrN2O2S/c16-12-5-3-11(4-6-12)10-21-15-17-7-8-18(15)14(19)13-2-1-9-20-13/h1-6,9H,7-8,10H2. The first-order valence-electron chi connectivity index (χ1n) is 6.51. The molecule has 1 aromatic carbocycles. The third kappa shape index (κ3) is 3.39. The van der Waals surface area contributed by atoms with Crippen molar-refractivity contribution in [3.05, 3.63) is 58.5 Å². The number of carbonyl (C=O) groups excluding carboxylic acids is 1. The molecule has 0 atom stereocenters. The molecular weight excluding hydrogens is 352 g/mol. The molecular formula is C15H13BrN2O2S. The van der Waals surface area contributed by atoms with Crippen LogP contribution in [0.2, 0.25) is 0 Å². The van der Waals surface area contributed by atoms with Crippen LogP contribution in [0, 0.1) is 0 Å². The minimum absolute atomic E-state index is 0.125. The number of nitrogens with zero attached hydrogens (tertiary/aromatic N) is 2. The first-order chi connectivity index (χ1) is 10.2. The van der Waals surface area contributed by atoms with Crippen LogP contribution in [0.4, 0.5) is 0 Å². The average molecular weight is 365 g/mol. The summed E-state index contributed by atoms with van der Waals surface area (Å²) in [7, 11) is 0. The molecule has 0 saturated heterocycles. The SMILES string of the molecule is O=C(c1ccco1)N1CCN=C1SCc1ccc(Br)cc1. The van der Waals surface area contributed by atoms with Crippen LogP contribution in [0.1, 0.15) is 16.1 Å². The van der Waals surface area contributed by atoms with E-state index in [9.17, 15) is 4.79 Å². The highest BCUT2D eigenvalue weighted by atomic mass is 79.9. The van der Waals surface area contributed by atoms with Gasteiger partial charge in [0.05, 0.1) is 12.8 Å². The van der Waals surface area contributed by atoms with Gasteiger partial charge < -0.3 is 4.42 Å². The molecule has 4 nitrogen and oxygen atoms in total. The maximum Gasteiger partial charge on any atom is 0.295 e. The Hall–Kier alpha value is -1.53. The Morgan fingerprint density at radius 1 is 1.33 bits per heavy atom. The van der Waals surface area contributed by atoms with Crippen LogP contribution < -0.4 is 0 Å². The number of amidine groups is 1. The number of carbonyl (C=O) groups is 1. The van der Waals surface area contributed by atoms with E-state index in [-0.39, 0.29) is 5.91 Å². The fraction of sp³-hybridized carbons (Fsp3) is 0.200. The van der Waals surface area contributed by atoms with Gasteiger partial charge in [0.2, 0.25) is 0 Å². The summed E-state index contributed by atoms with van der Waals surface area (Å²) in [4.78, 5) is 18.4. The lowest BCUT2D eigenvalue weighted by atomic mass is 10.2. The smallest absolute Gasteiger partial charge is 0.295 e. The van der Waals surface area contributed by atoms with Crippen molar-refractivity contribution in [3.63, 3.8) is 0 Å².